The van der Waals surface area contributed by atoms with Gasteiger partial charge in [-0.3, -0.25) is 4.79 Å². The van der Waals surface area contributed by atoms with E-state index in [9.17, 15) is 9.90 Å². The van der Waals surface area contributed by atoms with E-state index < -0.39 is 0 Å². The SMILES string of the molecule is COc1ccc(N=Nc2ccc(O)c(/C=N/NC(=O)c3cc4ccccc4[nH]3)c2)cc1. The fraction of sp³-hybridized carbons (Fsp3) is 0.0435. The number of amides is 1. The quantitative estimate of drug-likeness (QED) is 0.233. The molecule has 0 aliphatic rings. The van der Waals surface area contributed by atoms with Crippen molar-refractivity contribution in [3.8, 4) is 11.5 Å². The number of hydrazone groups is 1. The summed E-state index contributed by atoms with van der Waals surface area (Å²) in [5, 5.41) is 23.3. The van der Waals surface area contributed by atoms with Gasteiger partial charge in [-0.15, -0.1) is 0 Å². The van der Waals surface area contributed by atoms with E-state index in [0.29, 0.717) is 22.6 Å². The molecule has 0 unspecified atom stereocenters. The lowest BCUT2D eigenvalue weighted by atomic mass is 10.2. The second-order valence-corrected chi connectivity index (χ2v) is 6.61. The number of methoxy groups -OCH3 is 1. The van der Waals surface area contributed by atoms with Crippen molar-refractivity contribution in [1.82, 2.24) is 10.4 Å². The summed E-state index contributed by atoms with van der Waals surface area (Å²) in [6.07, 6.45) is 1.35. The number of phenolic OH excluding ortho intramolecular Hbond substituents is 1. The van der Waals surface area contributed by atoms with Crippen LogP contribution in [0.15, 0.2) is 88.1 Å². The van der Waals surface area contributed by atoms with Crippen molar-refractivity contribution in [2.75, 3.05) is 7.11 Å². The first kappa shape index (κ1) is 19.8. The van der Waals surface area contributed by atoms with E-state index >= 15 is 0 Å². The van der Waals surface area contributed by atoms with Gasteiger partial charge in [-0.25, -0.2) is 5.43 Å². The number of hydrogen-bond acceptors (Lipinski definition) is 6. The third kappa shape index (κ3) is 4.76. The number of nitrogens with zero attached hydrogens (tertiary/aromatic N) is 3. The van der Waals surface area contributed by atoms with Crippen LogP contribution < -0.4 is 10.2 Å². The Labute approximate surface area is 177 Å². The zero-order chi connectivity index (χ0) is 21.6. The van der Waals surface area contributed by atoms with E-state index in [0.717, 1.165) is 16.7 Å². The molecule has 1 heterocycles. The summed E-state index contributed by atoms with van der Waals surface area (Å²) >= 11 is 0. The molecule has 154 valence electrons. The molecule has 0 fully saturated rings. The number of rotatable bonds is 6. The molecule has 4 rings (SSSR count). The summed E-state index contributed by atoms with van der Waals surface area (Å²) in [5.74, 6) is 0.353. The van der Waals surface area contributed by atoms with E-state index in [1.165, 1.54) is 12.3 Å². The predicted octanol–water partition coefficient (Wildman–Crippen LogP) is 5.06. The van der Waals surface area contributed by atoms with Gasteiger partial charge in [-0.1, -0.05) is 18.2 Å². The molecule has 3 aromatic carbocycles. The zero-order valence-electron chi connectivity index (χ0n) is 16.6. The van der Waals surface area contributed by atoms with E-state index in [4.69, 9.17) is 4.74 Å². The molecule has 0 aliphatic heterocycles. The number of H-pyrrole nitrogens is 1. The summed E-state index contributed by atoms with van der Waals surface area (Å²) in [5.41, 5.74) is 5.28. The van der Waals surface area contributed by atoms with E-state index in [1.54, 1.807) is 49.6 Å². The molecule has 0 spiro atoms. The minimum Gasteiger partial charge on any atom is -0.507 e. The Balaban J connectivity index is 1.44. The van der Waals surface area contributed by atoms with Gasteiger partial charge < -0.3 is 14.8 Å². The second-order valence-electron chi connectivity index (χ2n) is 6.61. The van der Waals surface area contributed by atoms with Crippen LogP contribution in [0.3, 0.4) is 0 Å². The molecular weight excluding hydrogens is 394 g/mol. The van der Waals surface area contributed by atoms with Crippen LogP contribution in [0.25, 0.3) is 10.9 Å². The number of ether oxygens (including phenoxy) is 1. The van der Waals surface area contributed by atoms with Crippen molar-refractivity contribution in [3.05, 3.63) is 84.1 Å². The fourth-order valence-corrected chi connectivity index (χ4v) is 2.89. The number of benzene rings is 3. The Morgan fingerprint density at radius 3 is 2.52 bits per heavy atom. The highest BCUT2D eigenvalue weighted by Gasteiger charge is 2.08. The maximum absolute atomic E-state index is 12.3. The van der Waals surface area contributed by atoms with Gasteiger partial charge in [-0.2, -0.15) is 15.3 Å². The molecule has 8 heteroatoms. The highest BCUT2D eigenvalue weighted by molar-refractivity contribution is 5.98. The largest absolute Gasteiger partial charge is 0.507 e. The van der Waals surface area contributed by atoms with Crippen LogP contribution >= 0.6 is 0 Å². The van der Waals surface area contributed by atoms with Gasteiger partial charge >= 0.3 is 0 Å². The van der Waals surface area contributed by atoms with E-state index in [2.05, 4.69) is 25.7 Å². The number of aromatic amines is 1. The van der Waals surface area contributed by atoms with Crippen LogP contribution in [-0.2, 0) is 0 Å². The Morgan fingerprint density at radius 2 is 1.74 bits per heavy atom. The minimum absolute atomic E-state index is 0.00649. The lowest BCUT2D eigenvalue weighted by Gasteiger charge is -2.01. The molecule has 0 aliphatic carbocycles. The number of carbonyl (C=O) groups excluding carboxylic acids is 1. The first-order valence-electron chi connectivity index (χ1n) is 9.42. The lowest BCUT2D eigenvalue weighted by molar-refractivity contribution is 0.0951. The minimum atomic E-state index is -0.387. The average Bonchev–Trinajstić information content (AvgIpc) is 3.24. The standard InChI is InChI=1S/C23H19N5O3/c1-31-19-9-6-17(7-10-19)26-27-18-8-11-22(29)16(12-18)14-24-28-23(30)21-13-15-4-2-3-5-20(15)25-21/h2-14,25,29H,1H3,(H,28,30)/b24-14+,27-26?. The number of hydrogen-bond donors (Lipinski definition) is 3. The van der Waals surface area contributed by atoms with Gasteiger partial charge in [0.1, 0.15) is 17.2 Å². The number of aromatic nitrogens is 1. The van der Waals surface area contributed by atoms with Crippen LogP contribution in [0.1, 0.15) is 16.1 Å². The van der Waals surface area contributed by atoms with Crippen LogP contribution in [0.2, 0.25) is 0 Å². The van der Waals surface area contributed by atoms with Crippen molar-refractivity contribution in [2.24, 2.45) is 15.3 Å². The van der Waals surface area contributed by atoms with E-state index in [1.807, 2.05) is 24.3 Å². The number of phenols is 1. The molecule has 4 aromatic rings. The van der Waals surface area contributed by atoms with Gasteiger partial charge in [0, 0.05) is 16.5 Å². The molecule has 1 amide bonds. The van der Waals surface area contributed by atoms with Crippen molar-refractivity contribution >= 4 is 34.4 Å². The topological polar surface area (TPSA) is 111 Å². The number of aromatic hydroxyl groups is 1. The summed E-state index contributed by atoms with van der Waals surface area (Å²) in [4.78, 5) is 15.3. The van der Waals surface area contributed by atoms with Crippen LogP contribution in [0, 0.1) is 0 Å². The third-order valence-electron chi connectivity index (χ3n) is 4.51. The highest BCUT2D eigenvalue weighted by atomic mass is 16.5. The maximum Gasteiger partial charge on any atom is 0.287 e. The summed E-state index contributed by atoms with van der Waals surface area (Å²) in [7, 11) is 1.60. The Bertz CT molecular complexity index is 1240. The predicted molar refractivity (Wildman–Crippen MR) is 119 cm³/mol. The van der Waals surface area contributed by atoms with Crippen LogP contribution in [0.5, 0.6) is 11.5 Å². The van der Waals surface area contributed by atoms with Crippen molar-refractivity contribution < 1.29 is 14.6 Å². The Kier molecular flexibility index (Phi) is 5.70. The summed E-state index contributed by atoms with van der Waals surface area (Å²) < 4.78 is 5.11. The van der Waals surface area contributed by atoms with Gasteiger partial charge in [0.05, 0.1) is 24.7 Å². The highest BCUT2D eigenvalue weighted by Crippen LogP contribution is 2.25. The van der Waals surface area contributed by atoms with Gasteiger partial charge in [0.15, 0.2) is 0 Å². The zero-order valence-corrected chi connectivity index (χ0v) is 16.6. The molecule has 3 N–H and O–H groups in total. The smallest absolute Gasteiger partial charge is 0.287 e. The van der Waals surface area contributed by atoms with Gasteiger partial charge in [-0.05, 0) is 54.6 Å². The molecule has 0 atom stereocenters. The molecule has 31 heavy (non-hydrogen) atoms. The number of para-hydroxylation sites is 1. The molecule has 0 bridgehead atoms. The molecule has 1 aromatic heterocycles. The number of nitrogens with one attached hydrogen (secondary N) is 2. The molecule has 0 saturated heterocycles. The van der Waals surface area contributed by atoms with Gasteiger partial charge in [0.25, 0.3) is 5.91 Å². The number of carbonyl (C=O) groups is 1. The Morgan fingerprint density at radius 1 is 1.00 bits per heavy atom. The molecule has 0 saturated carbocycles. The fourth-order valence-electron chi connectivity index (χ4n) is 2.89. The maximum atomic E-state index is 12.3. The van der Waals surface area contributed by atoms with Crippen LogP contribution in [-0.4, -0.2) is 29.3 Å². The van der Waals surface area contributed by atoms with E-state index in [-0.39, 0.29) is 11.7 Å². The molecule has 8 nitrogen and oxygen atoms in total. The molecular formula is C23H19N5O3. The normalized spacial score (nSPS) is 11.4. The lowest BCUT2D eigenvalue weighted by Crippen LogP contribution is -2.17. The number of azo groups is 1. The Hall–Kier alpha value is -4.46. The van der Waals surface area contributed by atoms with Crippen LogP contribution in [0.4, 0.5) is 11.4 Å². The first-order valence-corrected chi connectivity index (χ1v) is 9.42. The van der Waals surface area contributed by atoms with Crippen molar-refractivity contribution in [3.63, 3.8) is 0 Å². The monoisotopic (exact) mass is 413 g/mol. The first-order chi connectivity index (χ1) is 15.1. The van der Waals surface area contributed by atoms with Crippen molar-refractivity contribution in [2.45, 2.75) is 0 Å². The summed E-state index contributed by atoms with van der Waals surface area (Å²) in [6, 6.07) is 21.2. The number of fused-ring (bicyclic) bond motifs is 1. The van der Waals surface area contributed by atoms with Gasteiger partial charge in [0.2, 0.25) is 0 Å². The van der Waals surface area contributed by atoms with Crippen molar-refractivity contribution in [1.29, 1.82) is 0 Å². The second kappa shape index (κ2) is 8.91. The third-order valence-corrected chi connectivity index (χ3v) is 4.51. The molecule has 0 radical (unpaired) electrons. The summed E-state index contributed by atoms with van der Waals surface area (Å²) in [6.45, 7) is 0. The average molecular weight is 413 g/mol.